The molecule has 0 atom stereocenters. The Hall–Kier alpha value is -1.93. The number of carbonyl (C=O) groups is 1. The van der Waals surface area contributed by atoms with Gasteiger partial charge in [0, 0.05) is 24.1 Å². The van der Waals surface area contributed by atoms with Crippen molar-refractivity contribution in [3.05, 3.63) is 45.7 Å². The van der Waals surface area contributed by atoms with E-state index in [9.17, 15) is 18.0 Å². The van der Waals surface area contributed by atoms with Crippen LogP contribution in [0, 0.1) is 17.5 Å². The van der Waals surface area contributed by atoms with Gasteiger partial charge in [0.25, 0.3) is 5.91 Å². The van der Waals surface area contributed by atoms with Gasteiger partial charge in [-0.15, -0.1) is 11.3 Å². The van der Waals surface area contributed by atoms with Crippen molar-refractivity contribution in [3.8, 4) is 0 Å². The van der Waals surface area contributed by atoms with Crippen molar-refractivity contribution in [1.29, 1.82) is 0 Å². The van der Waals surface area contributed by atoms with E-state index in [2.05, 4.69) is 10.3 Å². The molecular weight excluding hydrogens is 279 g/mol. The van der Waals surface area contributed by atoms with Crippen molar-refractivity contribution < 1.29 is 18.0 Å². The van der Waals surface area contributed by atoms with Crippen LogP contribution in [0.4, 0.5) is 18.9 Å². The fraction of sp³-hybridized carbons (Fsp3) is 0.0909. The van der Waals surface area contributed by atoms with E-state index in [-0.39, 0.29) is 12.2 Å². The summed E-state index contributed by atoms with van der Waals surface area (Å²) in [6.07, 6.45) is 0. The van der Waals surface area contributed by atoms with Gasteiger partial charge < -0.3 is 11.1 Å². The van der Waals surface area contributed by atoms with Crippen LogP contribution in [0.2, 0.25) is 0 Å². The molecule has 2 rings (SSSR count). The summed E-state index contributed by atoms with van der Waals surface area (Å²) in [6.45, 7) is 0.178. The van der Waals surface area contributed by atoms with Crippen molar-refractivity contribution in [1.82, 2.24) is 4.98 Å². The summed E-state index contributed by atoms with van der Waals surface area (Å²) < 4.78 is 39.0. The Labute approximate surface area is 110 Å². The molecule has 4 nitrogen and oxygen atoms in total. The third-order valence-corrected chi connectivity index (χ3v) is 3.09. The largest absolute Gasteiger partial charge is 0.325 e. The first-order chi connectivity index (χ1) is 9.01. The second-order valence-electron chi connectivity index (χ2n) is 3.53. The van der Waals surface area contributed by atoms with E-state index in [1.54, 1.807) is 0 Å². The Morgan fingerprint density at radius 2 is 1.95 bits per heavy atom. The highest BCUT2D eigenvalue weighted by Gasteiger charge is 2.15. The molecule has 0 unspecified atom stereocenters. The SMILES string of the molecule is NCc1nc(C(=O)Nc2cc(F)c(F)cc2F)cs1. The molecule has 0 saturated heterocycles. The maximum absolute atomic E-state index is 13.3. The molecule has 0 radical (unpaired) electrons. The molecule has 0 saturated carbocycles. The van der Waals surface area contributed by atoms with Crippen LogP contribution >= 0.6 is 11.3 Å². The second kappa shape index (κ2) is 5.37. The minimum Gasteiger partial charge on any atom is -0.325 e. The Kier molecular flexibility index (Phi) is 3.82. The number of carbonyl (C=O) groups excluding carboxylic acids is 1. The number of hydrogen-bond donors (Lipinski definition) is 2. The van der Waals surface area contributed by atoms with Gasteiger partial charge in [0.05, 0.1) is 5.69 Å². The number of rotatable bonds is 3. The zero-order valence-electron chi connectivity index (χ0n) is 9.41. The Morgan fingerprint density at radius 3 is 2.58 bits per heavy atom. The first-order valence-corrected chi connectivity index (χ1v) is 5.99. The van der Waals surface area contributed by atoms with Gasteiger partial charge in [0.1, 0.15) is 16.5 Å². The lowest BCUT2D eigenvalue weighted by Gasteiger charge is -2.05. The van der Waals surface area contributed by atoms with Crippen LogP contribution in [-0.2, 0) is 6.54 Å². The molecule has 0 aliphatic rings. The molecule has 1 amide bonds. The van der Waals surface area contributed by atoms with Gasteiger partial charge in [-0.2, -0.15) is 0 Å². The lowest BCUT2D eigenvalue weighted by atomic mass is 10.2. The number of anilines is 1. The number of thiazole rings is 1. The van der Waals surface area contributed by atoms with Gasteiger partial charge in [-0.1, -0.05) is 0 Å². The fourth-order valence-corrected chi connectivity index (χ4v) is 1.97. The number of nitrogens with one attached hydrogen (secondary N) is 1. The fourth-order valence-electron chi connectivity index (χ4n) is 1.31. The molecule has 0 aliphatic carbocycles. The van der Waals surface area contributed by atoms with Crippen molar-refractivity contribution in [3.63, 3.8) is 0 Å². The molecule has 0 fully saturated rings. The van der Waals surface area contributed by atoms with E-state index < -0.39 is 29.0 Å². The highest BCUT2D eigenvalue weighted by molar-refractivity contribution is 7.09. The van der Waals surface area contributed by atoms with E-state index >= 15 is 0 Å². The number of halogens is 3. The van der Waals surface area contributed by atoms with Crippen LogP contribution in [0.3, 0.4) is 0 Å². The van der Waals surface area contributed by atoms with E-state index in [1.807, 2.05) is 0 Å². The molecule has 8 heteroatoms. The lowest BCUT2D eigenvalue weighted by Crippen LogP contribution is -2.14. The summed E-state index contributed by atoms with van der Waals surface area (Å²) >= 11 is 1.17. The number of hydrogen-bond acceptors (Lipinski definition) is 4. The number of nitrogens with zero attached hydrogens (tertiary/aromatic N) is 1. The van der Waals surface area contributed by atoms with Gasteiger partial charge in [-0.05, 0) is 0 Å². The van der Waals surface area contributed by atoms with Gasteiger partial charge in [0.15, 0.2) is 11.6 Å². The topological polar surface area (TPSA) is 68.0 Å². The summed E-state index contributed by atoms with van der Waals surface area (Å²) in [5.41, 5.74) is 4.93. The van der Waals surface area contributed by atoms with E-state index in [4.69, 9.17) is 5.73 Å². The Balaban J connectivity index is 2.21. The predicted octanol–water partition coefficient (Wildman–Crippen LogP) is 2.27. The maximum atomic E-state index is 13.3. The zero-order valence-corrected chi connectivity index (χ0v) is 10.2. The molecule has 0 bridgehead atoms. The first-order valence-electron chi connectivity index (χ1n) is 5.11. The molecule has 1 aromatic carbocycles. The smallest absolute Gasteiger partial charge is 0.275 e. The average molecular weight is 287 g/mol. The van der Waals surface area contributed by atoms with E-state index in [0.29, 0.717) is 17.1 Å². The molecule has 1 heterocycles. The number of aromatic nitrogens is 1. The monoisotopic (exact) mass is 287 g/mol. The predicted molar refractivity (Wildman–Crippen MR) is 64.3 cm³/mol. The van der Waals surface area contributed by atoms with Crippen molar-refractivity contribution in [2.45, 2.75) is 6.54 Å². The quantitative estimate of drug-likeness (QED) is 0.851. The minimum atomic E-state index is -1.32. The second-order valence-corrected chi connectivity index (χ2v) is 4.47. The Morgan fingerprint density at radius 1 is 1.26 bits per heavy atom. The highest BCUT2D eigenvalue weighted by Crippen LogP contribution is 2.19. The van der Waals surface area contributed by atoms with Crippen LogP contribution in [0.25, 0.3) is 0 Å². The normalized spacial score (nSPS) is 10.5. The molecule has 0 aliphatic heterocycles. The molecule has 0 spiro atoms. The number of benzene rings is 1. The van der Waals surface area contributed by atoms with Crippen molar-refractivity contribution in [2.24, 2.45) is 5.73 Å². The summed E-state index contributed by atoms with van der Waals surface area (Å²) in [4.78, 5) is 15.6. The molecule has 19 heavy (non-hydrogen) atoms. The number of amides is 1. The van der Waals surface area contributed by atoms with E-state index in [1.165, 1.54) is 16.7 Å². The third kappa shape index (κ3) is 2.91. The summed E-state index contributed by atoms with van der Waals surface area (Å²) in [7, 11) is 0. The van der Waals surface area contributed by atoms with Crippen LogP contribution in [0.1, 0.15) is 15.5 Å². The molecule has 100 valence electrons. The minimum absolute atomic E-state index is 0.0367. The van der Waals surface area contributed by atoms with Crippen molar-refractivity contribution >= 4 is 22.9 Å². The molecular formula is C11H8F3N3OS. The summed E-state index contributed by atoms with van der Waals surface area (Å²) in [5.74, 6) is -4.37. The molecule has 1 aromatic heterocycles. The number of nitrogens with two attached hydrogens (primary N) is 1. The first kappa shape index (κ1) is 13.5. The van der Waals surface area contributed by atoms with Gasteiger partial charge in [-0.3, -0.25) is 4.79 Å². The highest BCUT2D eigenvalue weighted by atomic mass is 32.1. The van der Waals surface area contributed by atoms with E-state index in [0.717, 1.165) is 0 Å². The van der Waals surface area contributed by atoms with Crippen LogP contribution in [0.5, 0.6) is 0 Å². The van der Waals surface area contributed by atoms with Crippen LogP contribution < -0.4 is 11.1 Å². The van der Waals surface area contributed by atoms with Crippen LogP contribution in [0.15, 0.2) is 17.5 Å². The standard InChI is InChI=1S/C11H8F3N3OS/c12-5-1-7(14)8(2-6(5)13)17-11(18)9-4-19-10(3-15)16-9/h1-2,4H,3,15H2,(H,17,18). The third-order valence-electron chi connectivity index (χ3n) is 2.22. The maximum Gasteiger partial charge on any atom is 0.275 e. The molecule has 2 aromatic rings. The van der Waals surface area contributed by atoms with Gasteiger partial charge in [0.2, 0.25) is 0 Å². The van der Waals surface area contributed by atoms with Gasteiger partial charge >= 0.3 is 0 Å². The Bertz CT molecular complexity index is 630. The molecule has 3 N–H and O–H groups in total. The lowest BCUT2D eigenvalue weighted by molar-refractivity contribution is 0.102. The average Bonchev–Trinajstić information content (AvgIpc) is 2.84. The zero-order chi connectivity index (χ0) is 14.0. The van der Waals surface area contributed by atoms with Crippen LogP contribution in [-0.4, -0.2) is 10.9 Å². The summed E-state index contributed by atoms with van der Waals surface area (Å²) in [6, 6.07) is 0.927. The van der Waals surface area contributed by atoms with Crippen molar-refractivity contribution in [2.75, 3.05) is 5.32 Å². The van der Waals surface area contributed by atoms with Gasteiger partial charge in [-0.25, -0.2) is 18.2 Å². The summed E-state index contributed by atoms with van der Waals surface area (Å²) in [5, 5.41) is 4.09.